The minimum Gasteiger partial charge on any atom is -0.506 e. The molecule has 0 atom stereocenters. The zero-order chi connectivity index (χ0) is 11.3. The van der Waals surface area contributed by atoms with Gasteiger partial charge in [0.1, 0.15) is 11.3 Å². The molecule has 2 heterocycles. The molecule has 0 aromatic carbocycles. The summed E-state index contributed by atoms with van der Waals surface area (Å²) in [5.41, 5.74) is 1.27. The predicted molar refractivity (Wildman–Crippen MR) is 54.5 cm³/mol. The Morgan fingerprint density at radius 2 is 1.93 bits per heavy atom. The highest BCUT2D eigenvalue weighted by Gasteiger charge is 1.97. The van der Waals surface area contributed by atoms with E-state index >= 15 is 0 Å². The Hall–Kier alpha value is -2.17. The maximum Gasteiger partial charge on any atom is 0.300 e. The van der Waals surface area contributed by atoms with Crippen LogP contribution in [0.25, 0.3) is 11.0 Å². The molecule has 0 aliphatic rings. The van der Waals surface area contributed by atoms with E-state index in [0.717, 1.165) is 6.92 Å². The lowest BCUT2D eigenvalue weighted by Crippen LogP contribution is -1.80. The molecule has 0 amide bonds. The van der Waals surface area contributed by atoms with Crippen molar-refractivity contribution in [3.8, 4) is 5.75 Å². The van der Waals surface area contributed by atoms with Crippen molar-refractivity contribution in [2.45, 2.75) is 6.92 Å². The Balaban J connectivity index is 0.000000245. The first-order valence-electron chi connectivity index (χ1n) is 4.19. The average molecular weight is 206 g/mol. The zero-order valence-corrected chi connectivity index (χ0v) is 8.08. The standard InChI is InChI=1S/C8H6N2O.C2H4O2/c11-7-3-5-9-6-2-1-4-10-8(6)7;1-2(3)4/h1-5H,(H,9,11);1H3,(H,3,4). The van der Waals surface area contributed by atoms with Gasteiger partial charge in [-0.25, -0.2) is 0 Å². The first kappa shape index (κ1) is 10.9. The van der Waals surface area contributed by atoms with Crippen LogP contribution in [0.1, 0.15) is 6.92 Å². The number of hydrogen-bond acceptors (Lipinski definition) is 4. The molecule has 0 bridgehead atoms. The highest BCUT2D eigenvalue weighted by atomic mass is 16.4. The number of aromatic hydroxyl groups is 1. The molecule has 0 radical (unpaired) electrons. The van der Waals surface area contributed by atoms with E-state index in [1.807, 2.05) is 6.07 Å². The molecule has 0 spiro atoms. The number of pyridine rings is 2. The minimum atomic E-state index is -0.833. The molecule has 2 N–H and O–H groups in total. The second-order valence-corrected chi connectivity index (χ2v) is 2.72. The fourth-order valence-corrected chi connectivity index (χ4v) is 0.965. The Morgan fingerprint density at radius 3 is 2.53 bits per heavy atom. The summed E-state index contributed by atoms with van der Waals surface area (Å²) in [6.07, 6.45) is 3.18. The van der Waals surface area contributed by atoms with Crippen LogP contribution in [0, 0.1) is 0 Å². The molecule has 0 saturated carbocycles. The molecule has 2 aromatic rings. The van der Waals surface area contributed by atoms with Crippen LogP contribution >= 0.6 is 0 Å². The Morgan fingerprint density at radius 1 is 1.27 bits per heavy atom. The zero-order valence-electron chi connectivity index (χ0n) is 8.08. The van der Waals surface area contributed by atoms with Crippen molar-refractivity contribution in [2.24, 2.45) is 0 Å². The second kappa shape index (κ2) is 4.90. The second-order valence-electron chi connectivity index (χ2n) is 2.72. The molecule has 5 nitrogen and oxygen atoms in total. The number of carboxylic acid groups (broad SMARTS) is 1. The van der Waals surface area contributed by atoms with Crippen molar-refractivity contribution in [3.05, 3.63) is 30.6 Å². The average Bonchev–Trinajstić information content (AvgIpc) is 2.18. The summed E-state index contributed by atoms with van der Waals surface area (Å²) in [4.78, 5) is 17.0. The van der Waals surface area contributed by atoms with E-state index in [4.69, 9.17) is 9.90 Å². The highest BCUT2D eigenvalue weighted by molar-refractivity contribution is 5.79. The van der Waals surface area contributed by atoms with Crippen LogP contribution in [-0.2, 0) is 4.79 Å². The van der Waals surface area contributed by atoms with Gasteiger partial charge in [0.25, 0.3) is 5.97 Å². The quantitative estimate of drug-likeness (QED) is 0.681. The third kappa shape index (κ3) is 3.22. The molecular weight excluding hydrogens is 196 g/mol. The van der Waals surface area contributed by atoms with Gasteiger partial charge in [0.15, 0.2) is 0 Å². The van der Waals surface area contributed by atoms with Crippen LogP contribution in [-0.4, -0.2) is 26.2 Å². The third-order valence-electron chi connectivity index (χ3n) is 1.48. The van der Waals surface area contributed by atoms with Gasteiger partial charge in [-0.2, -0.15) is 0 Å². The fraction of sp³-hybridized carbons (Fsp3) is 0.100. The molecule has 0 aliphatic carbocycles. The molecule has 15 heavy (non-hydrogen) atoms. The van der Waals surface area contributed by atoms with E-state index in [0.29, 0.717) is 11.0 Å². The normalized spacial score (nSPS) is 9.13. The monoisotopic (exact) mass is 206 g/mol. The van der Waals surface area contributed by atoms with Gasteiger partial charge in [0.2, 0.25) is 0 Å². The van der Waals surface area contributed by atoms with Crippen molar-refractivity contribution < 1.29 is 15.0 Å². The number of hydrogen-bond donors (Lipinski definition) is 2. The van der Waals surface area contributed by atoms with Gasteiger partial charge in [-0.3, -0.25) is 14.8 Å². The SMILES string of the molecule is CC(=O)O.Oc1ccnc2cccnc12. The smallest absolute Gasteiger partial charge is 0.300 e. The van der Waals surface area contributed by atoms with Gasteiger partial charge in [0, 0.05) is 25.4 Å². The first-order chi connectivity index (χ1) is 7.11. The number of aliphatic carboxylic acids is 1. The van der Waals surface area contributed by atoms with E-state index in [-0.39, 0.29) is 5.75 Å². The molecule has 0 aliphatic heterocycles. The van der Waals surface area contributed by atoms with Crippen LogP contribution in [0.5, 0.6) is 5.75 Å². The number of carbonyl (C=O) groups is 1. The van der Waals surface area contributed by atoms with E-state index in [9.17, 15) is 5.11 Å². The largest absolute Gasteiger partial charge is 0.506 e. The molecule has 0 saturated heterocycles. The van der Waals surface area contributed by atoms with E-state index in [1.165, 1.54) is 6.07 Å². The lowest BCUT2D eigenvalue weighted by molar-refractivity contribution is -0.134. The van der Waals surface area contributed by atoms with Crippen LogP contribution in [0.15, 0.2) is 30.6 Å². The predicted octanol–water partition coefficient (Wildman–Crippen LogP) is 1.43. The summed E-state index contributed by atoms with van der Waals surface area (Å²) < 4.78 is 0. The molecule has 2 aromatic heterocycles. The number of aromatic nitrogens is 2. The maximum absolute atomic E-state index is 9.27. The number of nitrogens with zero attached hydrogens (tertiary/aromatic N) is 2. The Labute approximate surface area is 86.0 Å². The number of rotatable bonds is 0. The first-order valence-corrected chi connectivity index (χ1v) is 4.19. The van der Waals surface area contributed by atoms with Gasteiger partial charge < -0.3 is 10.2 Å². The topological polar surface area (TPSA) is 83.3 Å². The lowest BCUT2D eigenvalue weighted by Gasteiger charge is -1.95. The van der Waals surface area contributed by atoms with Gasteiger partial charge in [-0.1, -0.05) is 0 Å². The molecule has 0 unspecified atom stereocenters. The molecule has 2 rings (SSSR count). The van der Waals surface area contributed by atoms with E-state index in [2.05, 4.69) is 9.97 Å². The van der Waals surface area contributed by atoms with Gasteiger partial charge in [-0.05, 0) is 12.1 Å². The van der Waals surface area contributed by atoms with Crippen LogP contribution in [0.4, 0.5) is 0 Å². The lowest BCUT2D eigenvalue weighted by atomic mass is 10.3. The van der Waals surface area contributed by atoms with Crippen LogP contribution in [0.2, 0.25) is 0 Å². The number of carboxylic acids is 1. The summed E-state index contributed by atoms with van der Waals surface area (Å²) >= 11 is 0. The molecule has 0 fully saturated rings. The highest BCUT2D eigenvalue weighted by Crippen LogP contribution is 2.18. The minimum absolute atomic E-state index is 0.176. The van der Waals surface area contributed by atoms with E-state index in [1.54, 1.807) is 18.5 Å². The van der Waals surface area contributed by atoms with Crippen molar-refractivity contribution in [2.75, 3.05) is 0 Å². The van der Waals surface area contributed by atoms with Crippen LogP contribution < -0.4 is 0 Å². The van der Waals surface area contributed by atoms with E-state index < -0.39 is 5.97 Å². The van der Waals surface area contributed by atoms with Gasteiger partial charge in [0.05, 0.1) is 5.52 Å². The van der Waals surface area contributed by atoms with Gasteiger partial charge >= 0.3 is 0 Å². The van der Waals surface area contributed by atoms with Crippen molar-refractivity contribution in [3.63, 3.8) is 0 Å². The summed E-state index contributed by atoms with van der Waals surface area (Å²) in [6.45, 7) is 1.08. The fourth-order valence-electron chi connectivity index (χ4n) is 0.965. The molecule has 5 heteroatoms. The molecule has 78 valence electrons. The Bertz CT molecular complexity index is 462. The number of fused-ring (bicyclic) bond motifs is 1. The van der Waals surface area contributed by atoms with Crippen molar-refractivity contribution >= 4 is 17.0 Å². The summed E-state index contributed by atoms with van der Waals surface area (Å²) in [6, 6.07) is 5.12. The molecular formula is C10H10N2O3. The maximum atomic E-state index is 9.27. The van der Waals surface area contributed by atoms with Crippen LogP contribution in [0.3, 0.4) is 0 Å². The van der Waals surface area contributed by atoms with Gasteiger partial charge in [-0.15, -0.1) is 0 Å². The summed E-state index contributed by atoms with van der Waals surface area (Å²) in [7, 11) is 0. The van der Waals surface area contributed by atoms with Crippen molar-refractivity contribution in [1.82, 2.24) is 9.97 Å². The summed E-state index contributed by atoms with van der Waals surface area (Å²) in [5, 5.41) is 16.7. The third-order valence-corrected chi connectivity index (χ3v) is 1.48. The summed E-state index contributed by atoms with van der Waals surface area (Å²) in [5.74, 6) is -0.657. The Kier molecular flexibility index (Phi) is 3.56. The van der Waals surface area contributed by atoms with Crippen molar-refractivity contribution in [1.29, 1.82) is 0 Å².